The van der Waals surface area contributed by atoms with Crippen molar-refractivity contribution in [1.82, 2.24) is 4.57 Å². The standard InChI is InChI=1S/C17H16ClNO.C3H6O3/c1-12-10-19(11-13-3-5-14(18)6-4-13)17-8-7-15(20-2)9-16(12)17;1-6-2-3(4)5/h3-10H,11H2,1-2H3;2H2,1H3,(H,4,5). The average molecular weight is 376 g/mol. The number of carboxylic acid groups (broad SMARTS) is 1. The van der Waals surface area contributed by atoms with E-state index in [0.29, 0.717) is 0 Å². The second-order valence-electron chi connectivity index (χ2n) is 5.78. The molecule has 0 radical (unpaired) electrons. The van der Waals surface area contributed by atoms with Crippen LogP contribution in [0.25, 0.3) is 10.9 Å². The lowest BCUT2D eigenvalue weighted by molar-refractivity contribution is -0.141. The van der Waals surface area contributed by atoms with Crippen molar-refractivity contribution in [2.45, 2.75) is 13.5 Å². The number of benzene rings is 2. The number of rotatable bonds is 5. The lowest BCUT2D eigenvalue weighted by atomic mass is 10.2. The van der Waals surface area contributed by atoms with Gasteiger partial charge in [-0.15, -0.1) is 0 Å². The molecular weight excluding hydrogens is 354 g/mol. The Hall–Kier alpha value is -2.50. The maximum atomic E-state index is 9.47. The van der Waals surface area contributed by atoms with Crippen LogP contribution in [0.1, 0.15) is 11.1 Å². The fraction of sp³-hybridized carbons (Fsp3) is 0.250. The molecule has 0 amide bonds. The van der Waals surface area contributed by atoms with Gasteiger partial charge in [-0.25, -0.2) is 4.79 Å². The van der Waals surface area contributed by atoms with Gasteiger partial charge in [0, 0.05) is 35.8 Å². The molecule has 1 N–H and O–H groups in total. The minimum atomic E-state index is -0.933. The van der Waals surface area contributed by atoms with Gasteiger partial charge in [-0.2, -0.15) is 0 Å². The number of hydrogen-bond acceptors (Lipinski definition) is 3. The molecule has 2 aromatic carbocycles. The highest BCUT2D eigenvalue weighted by Crippen LogP contribution is 2.26. The van der Waals surface area contributed by atoms with E-state index in [-0.39, 0.29) is 6.61 Å². The third-order valence-electron chi connectivity index (χ3n) is 3.82. The average Bonchev–Trinajstić information content (AvgIpc) is 2.92. The Bertz CT molecular complexity index is 871. The van der Waals surface area contributed by atoms with E-state index in [1.165, 1.54) is 29.1 Å². The summed E-state index contributed by atoms with van der Waals surface area (Å²) in [4.78, 5) is 9.47. The Morgan fingerprint density at radius 2 is 1.85 bits per heavy atom. The van der Waals surface area contributed by atoms with Crippen LogP contribution < -0.4 is 4.74 Å². The second kappa shape index (κ2) is 9.27. The zero-order valence-corrected chi connectivity index (χ0v) is 15.8. The number of methoxy groups -OCH3 is 2. The Morgan fingerprint density at radius 1 is 1.15 bits per heavy atom. The van der Waals surface area contributed by atoms with Gasteiger partial charge in [-0.1, -0.05) is 23.7 Å². The maximum absolute atomic E-state index is 9.47. The van der Waals surface area contributed by atoms with E-state index >= 15 is 0 Å². The van der Waals surface area contributed by atoms with E-state index in [1.807, 2.05) is 18.2 Å². The largest absolute Gasteiger partial charge is 0.497 e. The third kappa shape index (κ3) is 5.25. The van der Waals surface area contributed by atoms with Crippen molar-refractivity contribution < 1.29 is 19.4 Å². The predicted molar refractivity (Wildman–Crippen MR) is 103 cm³/mol. The Labute approximate surface area is 157 Å². The molecule has 0 aliphatic carbocycles. The molecule has 0 fully saturated rings. The van der Waals surface area contributed by atoms with Gasteiger partial charge < -0.3 is 19.1 Å². The summed E-state index contributed by atoms with van der Waals surface area (Å²) in [5.41, 5.74) is 3.72. The van der Waals surface area contributed by atoms with Gasteiger partial charge in [-0.05, 0) is 48.4 Å². The van der Waals surface area contributed by atoms with Crippen LogP contribution >= 0.6 is 11.6 Å². The zero-order valence-electron chi connectivity index (χ0n) is 15.0. The summed E-state index contributed by atoms with van der Waals surface area (Å²) in [7, 11) is 3.04. The van der Waals surface area contributed by atoms with E-state index < -0.39 is 5.97 Å². The maximum Gasteiger partial charge on any atom is 0.329 e. The smallest absolute Gasteiger partial charge is 0.329 e. The molecule has 1 heterocycles. The summed E-state index contributed by atoms with van der Waals surface area (Å²) in [6, 6.07) is 14.2. The fourth-order valence-electron chi connectivity index (χ4n) is 2.62. The fourth-order valence-corrected chi connectivity index (χ4v) is 2.75. The van der Waals surface area contributed by atoms with E-state index in [2.05, 4.69) is 46.7 Å². The first-order valence-electron chi connectivity index (χ1n) is 8.03. The molecule has 0 aliphatic heterocycles. The van der Waals surface area contributed by atoms with Crippen molar-refractivity contribution in [3.63, 3.8) is 0 Å². The van der Waals surface area contributed by atoms with E-state index in [4.69, 9.17) is 21.4 Å². The zero-order chi connectivity index (χ0) is 19.1. The van der Waals surface area contributed by atoms with Gasteiger partial charge in [0.1, 0.15) is 12.4 Å². The summed E-state index contributed by atoms with van der Waals surface area (Å²) in [6.45, 7) is 2.76. The molecule has 0 saturated carbocycles. The van der Waals surface area contributed by atoms with Gasteiger partial charge in [0.25, 0.3) is 0 Å². The van der Waals surface area contributed by atoms with Crippen molar-refractivity contribution in [2.24, 2.45) is 0 Å². The second-order valence-corrected chi connectivity index (χ2v) is 6.21. The van der Waals surface area contributed by atoms with Crippen molar-refractivity contribution in [1.29, 1.82) is 0 Å². The van der Waals surface area contributed by atoms with Crippen LogP contribution in [0.5, 0.6) is 5.75 Å². The Balaban J connectivity index is 0.000000352. The normalized spacial score (nSPS) is 10.3. The molecule has 0 saturated heterocycles. The third-order valence-corrected chi connectivity index (χ3v) is 4.07. The van der Waals surface area contributed by atoms with Crippen LogP contribution in [-0.4, -0.2) is 36.5 Å². The van der Waals surface area contributed by atoms with Crippen LogP contribution in [0.3, 0.4) is 0 Å². The molecule has 0 spiro atoms. The molecule has 0 aliphatic rings. The van der Waals surface area contributed by atoms with Gasteiger partial charge in [0.15, 0.2) is 0 Å². The number of aliphatic carboxylic acids is 1. The van der Waals surface area contributed by atoms with Gasteiger partial charge >= 0.3 is 5.97 Å². The lowest BCUT2D eigenvalue weighted by Crippen LogP contribution is -2.02. The molecule has 0 bridgehead atoms. The molecule has 6 heteroatoms. The Morgan fingerprint density at radius 3 is 2.38 bits per heavy atom. The number of carboxylic acids is 1. The van der Waals surface area contributed by atoms with Gasteiger partial charge in [0.05, 0.1) is 7.11 Å². The molecule has 26 heavy (non-hydrogen) atoms. The van der Waals surface area contributed by atoms with Crippen molar-refractivity contribution >= 4 is 28.5 Å². The lowest BCUT2D eigenvalue weighted by Gasteiger charge is -2.06. The van der Waals surface area contributed by atoms with E-state index in [1.54, 1.807) is 7.11 Å². The first kappa shape index (κ1) is 19.8. The number of nitrogens with zero attached hydrogens (tertiary/aromatic N) is 1. The minimum absolute atomic E-state index is 0.208. The van der Waals surface area contributed by atoms with Crippen molar-refractivity contribution in [2.75, 3.05) is 20.8 Å². The first-order valence-corrected chi connectivity index (χ1v) is 8.41. The van der Waals surface area contributed by atoms with Crippen LogP contribution in [0.4, 0.5) is 0 Å². The topological polar surface area (TPSA) is 60.7 Å². The summed E-state index contributed by atoms with van der Waals surface area (Å²) in [5, 5.41) is 9.79. The quantitative estimate of drug-likeness (QED) is 0.719. The number of aromatic nitrogens is 1. The van der Waals surface area contributed by atoms with Crippen LogP contribution in [0.2, 0.25) is 5.02 Å². The van der Waals surface area contributed by atoms with Crippen molar-refractivity contribution in [3.8, 4) is 5.75 Å². The Kier molecular flexibility index (Phi) is 7.06. The first-order chi connectivity index (χ1) is 12.4. The minimum Gasteiger partial charge on any atom is -0.497 e. The number of carbonyl (C=O) groups is 1. The van der Waals surface area contributed by atoms with Crippen molar-refractivity contribution in [3.05, 3.63) is 64.8 Å². The molecule has 3 aromatic rings. The summed E-state index contributed by atoms with van der Waals surface area (Å²) in [5.74, 6) is -0.0395. The van der Waals surface area contributed by atoms with E-state index in [0.717, 1.165) is 17.3 Å². The highest BCUT2D eigenvalue weighted by Gasteiger charge is 2.07. The molecule has 1 aromatic heterocycles. The molecule has 0 atom stereocenters. The number of ether oxygens (including phenoxy) is 2. The summed E-state index contributed by atoms with van der Waals surface area (Å²) < 4.78 is 11.8. The molecule has 138 valence electrons. The van der Waals surface area contributed by atoms with Crippen LogP contribution in [0, 0.1) is 6.92 Å². The highest BCUT2D eigenvalue weighted by molar-refractivity contribution is 6.30. The molecule has 0 unspecified atom stereocenters. The molecule has 3 rings (SSSR count). The molecular formula is C20H22ClNO4. The van der Waals surface area contributed by atoms with E-state index in [9.17, 15) is 4.79 Å². The molecule has 5 nitrogen and oxygen atoms in total. The highest BCUT2D eigenvalue weighted by atomic mass is 35.5. The number of aryl methyl sites for hydroxylation is 1. The van der Waals surface area contributed by atoms with Crippen LogP contribution in [0.15, 0.2) is 48.7 Å². The monoisotopic (exact) mass is 375 g/mol. The van der Waals surface area contributed by atoms with Gasteiger partial charge in [-0.3, -0.25) is 0 Å². The number of fused-ring (bicyclic) bond motifs is 1. The number of halogens is 1. The van der Waals surface area contributed by atoms with Crippen LogP contribution in [-0.2, 0) is 16.1 Å². The predicted octanol–water partition coefficient (Wildman–Crippen LogP) is 4.38. The summed E-state index contributed by atoms with van der Waals surface area (Å²) >= 11 is 5.93. The number of hydrogen-bond donors (Lipinski definition) is 1. The summed E-state index contributed by atoms with van der Waals surface area (Å²) in [6.07, 6.45) is 2.18. The van der Waals surface area contributed by atoms with Gasteiger partial charge in [0.2, 0.25) is 0 Å². The SMILES string of the molecule is COCC(=O)O.COc1ccc2c(c1)c(C)cn2Cc1ccc(Cl)cc1.